The number of hydrogen-bond acceptors (Lipinski definition) is 3. The van der Waals surface area contributed by atoms with Crippen LogP contribution in [0.15, 0.2) is 0 Å². The Balaban J connectivity index is 2.23. The van der Waals surface area contributed by atoms with E-state index in [1.54, 1.807) is 6.92 Å². The predicted molar refractivity (Wildman–Crippen MR) is 84.6 cm³/mol. The number of quaternary nitrogens is 1. The van der Waals surface area contributed by atoms with E-state index in [1.165, 1.54) is 37.7 Å². The highest BCUT2D eigenvalue weighted by Gasteiger charge is 2.31. The number of carbonyl (C=O) groups excluding carboxylic acids is 2. The lowest BCUT2D eigenvalue weighted by molar-refractivity contribution is -0.912. The van der Waals surface area contributed by atoms with Crippen molar-refractivity contribution < 1.29 is 19.2 Å². The highest BCUT2D eigenvalue weighted by molar-refractivity contribution is 6.03. The normalized spacial score (nSPS) is 17.8. The molecule has 0 aliphatic carbocycles. The monoisotopic (exact) mass is 307 g/mol. The molecule has 0 bridgehead atoms. The summed E-state index contributed by atoms with van der Waals surface area (Å²) in [5.41, 5.74) is 2.45. The molecule has 122 valence electrons. The minimum Gasteiger partial charge on any atom is -0.465 e. The van der Waals surface area contributed by atoms with Gasteiger partial charge in [0.25, 0.3) is 0 Å². The van der Waals surface area contributed by atoms with Crippen LogP contribution in [0.5, 0.6) is 0 Å². The summed E-state index contributed by atoms with van der Waals surface area (Å²) < 4.78 is 4.81. The SMILES string of the molecule is COC(=O)c1c(C)[nH]c(C(=O)[C@@H](C)[NH+]2CCCCCC2)c1C. The van der Waals surface area contributed by atoms with Crippen molar-refractivity contribution in [3.05, 3.63) is 22.5 Å². The molecule has 1 aliphatic heterocycles. The highest BCUT2D eigenvalue weighted by Crippen LogP contribution is 2.20. The van der Waals surface area contributed by atoms with Crippen LogP contribution in [-0.2, 0) is 4.74 Å². The maximum atomic E-state index is 12.8. The second-order valence-corrected chi connectivity index (χ2v) is 6.27. The van der Waals surface area contributed by atoms with Gasteiger partial charge >= 0.3 is 5.97 Å². The van der Waals surface area contributed by atoms with Crippen molar-refractivity contribution in [1.82, 2.24) is 4.98 Å². The maximum absolute atomic E-state index is 12.8. The number of methoxy groups -OCH3 is 1. The first kappa shape index (κ1) is 16.7. The first-order valence-electron chi connectivity index (χ1n) is 8.13. The molecule has 2 rings (SSSR count). The summed E-state index contributed by atoms with van der Waals surface area (Å²) in [5.74, 6) is -0.298. The number of ketones is 1. The van der Waals surface area contributed by atoms with Crippen LogP contribution in [0, 0.1) is 13.8 Å². The lowest BCUT2D eigenvalue weighted by atomic mass is 10.0. The third-order valence-corrected chi connectivity index (χ3v) is 4.82. The third-order valence-electron chi connectivity index (χ3n) is 4.82. The molecule has 0 radical (unpaired) electrons. The summed E-state index contributed by atoms with van der Waals surface area (Å²) in [4.78, 5) is 29.2. The van der Waals surface area contributed by atoms with E-state index in [4.69, 9.17) is 4.74 Å². The number of esters is 1. The molecule has 1 fully saturated rings. The molecule has 0 unspecified atom stereocenters. The van der Waals surface area contributed by atoms with Crippen molar-refractivity contribution in [2.45, 2.75) is 52.5 Å². The molecule has 5 heteroatoms. The van der Waals surface area contributed by atoms with Crippen LogP contribution in [0.2, 0.25) is 0 Å². The Hall–Kier alpha value is -1.62. The number of ether oxygens (including phenoxy) is 1. The van der Waals surface area contributed by atoms with Gasteiger partial charge < -0.3 is 14.6 Å². The minimum absolute atomic E-state index is 0.0830. The van der Waals surface area contributed by atoms with E-state index in [-0.39, 0.29) is 17.8 Å². The molecule has 22 heavy (non-hydrogen) atoms. The molecule has 2 N–H and O–H groups in total. The van der Waals surface area contributed by atoms with E-state index >= 15 is 0 Å². The topological polar surface area (TPSA) is 63.6 Å². The van der Waals surface area contributed by atoms with Gasteiger partial charge in [-0.25, -0.2) is 4.79 Å². The fourth-order valence-electron chi connectivity index (χ4n) is 3.42. The zero-order chi connectivity index (χ0) is 16.3. The van der Waals surface area contributed by atoms with Crippen LogP contribution in [-0.4, -0.2) is 43.0 Å². The molecular formula is C17H27N2O3+. The molecule has 1 aromatic heterocycles. The van der Waals surface area contributed by atoms with E-state index in [1.807, 2.05) is 13.8 Å². The van der Waals surface area contributed by atoms with E-state index in [0.717, 1.165) is 13.1 Å². The number of rotatable bonds is 4. The smallest absolute Gasteiger partial charge is 0.339 e. The van der Waals surface area contributed by atoms with Crippen molar-refractivity contribution >= 4 is 11.8 Å². The Labute approximate surface area is 132 Å². The van der Waals surface area contributed by atoms with Crippen molar-refractivity contribution in [2.75, 3.05) is 20.2 Å². The average Bonchev–Trinajstić information content (AvgIpc) is 2.72. The van der Waals surface area contributed by atoms with E-state index in [9.17, 15) is 9.59 Å². The summed E-state index contributed by atoms with van der Waals surface area (Å²) in [5, 5.41) is 0. The summed E-state index contributed by atoms with van der Waals surface area (Å²) in [6.07, 6.45) is 4.89. The van der Waals surface area contributed by atoms with Gasteiger partial charge in [-0.2, -0.15) is 0 Å². The number of H-pyrrole nitrogens is 1. The number of aromatic nitrogens is 1. The zero-order valence-electron chi connectivity index (χ0n) is 14.0. The number of carbonyl (C=O) groups is 2. The first-order chi connectivity index (χ1) is 10.5. The average molecular weight is 307 g/mol. The number of Topliss-reactive ketones (excluding diaryl/α,β-unsaturated/α-hetero) is 1. The zero-order valence-corrected chi connectivity index (χ0v) is 14.0. The van der Waals surface area contributed by atoms with Crippen LogP contribution < -0.4 is 4.90 Å². The Kier molecular flexibility index (Phi) is 5.40. The van der Waals surface area contributed by atoms with Crippen molar-refractivity contribution in [2.24, 2.45) is 0 Å². The van der Waals surface area contributed by atoms with Gasteiger partial charge in [-0.15, -0.1) is 0 Å². The minimum atomic E-state index is -0.389. The van der Waals surface area contributed by atoms with E-state index < -0.39 is 0 Å². The van der Waals surface area contributed by atoms with Crippen LogP contribution in [0.1, 0.15) is 64.7 Å². The van der Waals surface area contributed by atoms with E-state index in [2.05, 4.69) is 4.98 Å². The first-order valence-corrected chi connectivity index (χ1v) is 8.13. The Bertz CT molecular complexity index is 554. The van der Waals surface area contributed by atoms with Gasteiger partial charge in [-0.1, -0.05) is 0 Å². The number of likely N-dealkylation sites (tertiary alicyclic amines) is 1. The fourth-order valence-corrected chi connectivity index (χ4v) is 3.42. The molecule has 5 nitrogen and oxygen atoms in total. The lowest BCUT2D eigenvalue weighted by Crippen LogP contribution is -3.16. The number of hydrogen-bond donors (Lipinski definition) is 2. The number of aryl methyl sites for hydroxylation is 1. The van der Waals surface area contributed by atoms with Gasteiger partial charge in [-0.3, -0.25) is 4.79 Å². The predicted octanol–water partition coefficient (Wildman–Crippen LogP) is 1.45. The molecule has 0 saturated carbocycles. The maximum Gasteiger partial charge on any atom is 0.339 e. The summed E-state index contributed by atoms with van der Waals surface area (Å²) in [6, 6.07) is -0.0830. The van der Waals surface area contributed by atoms with Gasteiger partial charge in [0.2, 0.25) is 5.78 Å². The van der Waals surface area contributed by atoms with Gasteiger partial charge in [0, 0.05) is 5.69 Å². The second-order valence-electron chi connectivity index (χ2n) is 6.27. The van der Waals surface area contributed by atoms with Gasteiger partial charge in [0.1, 0.15) is 6.04 Å². The van der Waals surface area contributed by atoms with Crippen LogP contribution in [0.3, 0.4) is 0 Å². The van der Waals surface area contributed by atoms with Gasteiger partial charge in [0.15, 0.2) is 0 Å². The molecule has 1 saturated heterocycles. The molecule has 1 aliphatic rings. The molecule has 1 atom stereocenters. The largest absolute Gasteiger partial charge is 0.465 e. The lowest BCUT2D eigenvalue weighted by Gasteiger charge is -2.23. The van der Waals surface area contributed by atoms with Gasteiger partial charge in [-0.05, 0) is 52.0 Å². The molecule has 0 aromatic carbocycles. The standard InChI is InChI=1S/C17H26N2O3/c1-11-14(17(21)22-4)12(2)18-15(11)16(20)13(3)19-9-7-5-6-8-10-19/h13,18H,5-10H2,1-4H3/p+1/t13-/m1/s1. The van der Waals surface area contributed by atoms with Crippen LogP contribution in [0.4, 0.5) is 0 Å². The Morgan fingerprint density at radius 3 is 2.27 bits per heavy atom. The molecule has 2 heterocycles. The molecular weight excluding hydrogens is 280 g/mol. The van der Waals surface area contributed by atoms with Crippen LogP contribution >= 0.6 is 0 Å². The quantitative estimate of drug-likeness (QED) is 0.654. The highest BCUT2D eigenvalue weighted by atomic mass is 16.5. The van der Waals surface area contributed by atoms with Crippen molar-refractivity contribution in [3.63, 3.8) is 0 Å². The molecule has 0 spiro atoms. The molecule has 0 amide bonds. The Morgan fingerprint density at radius 1 is 1.14 bits per heavy atom. The number of nitrogens with one attached hydrogen (secondary N) is 2. The Morgan fingerprint density at radius 2 is 1.73 bits per heavy atom. The van der Waals surface area contributed by atoms with Crippen LogP contribution in [0.25, 0.3) is 0 Å². The third kappa shape index (κ3) is 3.24. The van der Waals surface area contributed by atoms with Gasteiger partial charge in [0.05, 0.1) is 31.5 Å². The number of aromatic amines is 1. The fraction of sp³-hybridized carbons (Fsp3) is 0.647. The summed E-state index contributed by atoms with van der Waals surface area (Å²) in [6.45, 7) is 7.72. The summed E-state index contributed by atoms with van der Waals surface area (Å²) in [7, 11) is 1.36. The molecule has 1 aromatic rings. The summed E-state index contributed by atoms with van der Waals surface area (Å²) >= 11 is 0. The van der Waals surface area contributed by atoms with Crippen molar-refractivity contribution in [1.29, 1.82) is 0 Å². The van der Waals surface area contributed by atoms with Crippen molar-refractivity contribution in [3.8, 4) is 0 Å². The second kappa shape index (κ2) is 7.09. The van der Waals surface area contributed by atoms with E-state index in [0.29, 0.717) is 22.5 Å².